The summed E-state index contributed by atoms with van der Waals surface area (Å²) >= 11 is 0. The molecule has 1 aliphatic rings. The van der Waals surface area contributed by atoms with Crippen LogP contribution in [0.2, 0.25) is 0 Å². The largest absolute Gasteiger partial charge is 0.494 e. The van der Waals surface area contributed by atoms with Crippen LogP contribution in [0.3, 0.4) is 0 Å². The first-order chi connectivity index (χ1) is 15.5. The number of piperazine rings is 1. The molecule has 180 valence electrons. The van der Waals surface area contributed by atoms with Crippen molar-refractivity contribution in [3.63, 3.8) is 0 Å². The topological polar surface area (TPSA) is 101 Å². The zero-order chi connectivity index (χ0) is 24.2. The van der Waals surface area contributed by atoms with Crippen molar-refractivity contribution in [3.8, 4) is 5.75 Å². The molecule has 1 heterocycles. The van der Waals surface area contributed by atoms with Gasteiger partial charge in [0.1, 0.15) is 5.75 Å². The summed E-state index contributed by atoms with van der Waals surface area (Å²) in [5, 5.41) is 0. The smallest absolute Gasteiger partial charge is 0.243 e. The fourth-order valence-electron chi connectivity index (χ4n) is 3.66. The Morgan fingerprint density at radius 3 is 2.18 bits per heavy atom. The SMILES string of the molecule is Cc1ccc(C)c(S(=O)(=O)N2CCN(C(=O)CCCOc3ccc(S(C)(=O)=O)cc3)CC2)c1. The van der Waals surface area contributed by atoms with Crippen molar-refractivity contribution in [2.45, 2.75) is 36.5 Å². The Bertz CT molecular complexity index is 1200. The van der Waals surface area contributed by atoms with E-state index in [9.17, 15) is 21.6 Å². The fraction of sp³-hybridized carbons (Fsp3) is 0.435. The van der Waals surface area contributed by atoms with Gasteiger partial charge in [-0.05, 0) is 61.7 Å². The Morgan fingerprint density at radius 1 is 0.939 bits per heavy atom. The number of rotatable bonds is 8. The van der Waals surface area contributed by atoms with Crippen LogP contribution in [0.1, 0.15) is 24.0 Å². The molecule has 2 aromatic carbocycles. The molecule has 33 heavy (non-hydrogen) atoms. The second-order valence-corrected chi connectivity index (χ2v) is 12.2. The average Bonchev–Trinajstić information content (AvgIpc) is 2.78. The number of amides is 1. The third-order valence-corrected chi connectivity index (χ3v) is 8.78. The maximum absolute atomic E-state index is 13.0. The van der Waals surface area contributed by atoms with E-state index in [0.29, 0.717) is 48.7 Å². The van der Waals surface area contributed by atoms with Crippen molar-refractivity contribution in [2.24, 2.45) is 0 Å². The molecule has 1 fully saturated rings. The molecule has 0 aliphatic carbocycles. The minimum Gasteiger partial charge on any atom is -0.494 e. The third-order valence-electron chi connectivity index (χ3n) is 5.61. The number of benzene rings is 2. The lowest BCUT2D eigenvalue weighted by Crippen LogP contribution is -2.50. The monoisotopic (exact) mass is 494 g/mol. The van der Waals surface area contributed by atoms with Gasteiger partial charge in [-0.25, -0.2) is 16.8 Å². The number of nitrogens with zero attached hydrogens (tertiary/aromatic N) is 2. The van der Waals surface area contributed by atoms with Gasteiger partial charge >= 0.3 is 0 Å². The molecule has 2 aromatic rings. The highest BCUT2D eigenvalue weighted by Crippen LogP contribution is 2.23. The molecule has 1 amide bonds. The minimum absolute atomic E-state index is 0.0326. The summed E-state index contributed by atoms with van der Waals surface area (Å²) in [6.45, 7) is 5.23. The van der Waals surface area contributed by atoms with E-state index >= 15 is 0 Å². The summed E-state index contributed by atoms with van der Waals surface area (Å²) < 4.78 is 56.1. The van der Waals surface area contributed by atoms with Gasteiger partial charge in [-0.15, -0.1) is 0 Å². The van der Waals surface area contributed by atoms with Gasteiger partial charge < -0.3 is 9.64 Å². The lowest BCUT2D eigenvalue weighted by atomic mass is 10.2. The average molecular weight is 495 g/mol. The number of hydrogen-bond donors (Lipinski definition) is 0. The lowest BCUT2D eigenvalue weighted by molar-refractivity contribution is -0.132. The van der Waals surface area contributed by atoms with Crippen molar-refractivity contribution < 1.29 is 26.4 Å². The van der Waals surface area contributed by atoms with Crippen molar-refractivity contribution in [2.75, 3.05) is 39.0 Å². The first-order valence-corrected chi connectivity index (χ1v) is 14.1. The zero-order valence-corrected chi connectivity index (χ0v) is 20.8. The molecule has 8 nitrogen and oxygen atoms in total. The Balaban J connectivity index is 1.45. The van der Waals surface area contributed by atoms with Crippen LogP contribution in [0.25, 0.3) is 0 Å². The number of carbonyl (C=O) groups is 1. The number of sulfonamides is 1. The van der Waals surface area contributed by atoms with E-state index in [2.05, 4.69) is 0 Å². The number of ether oxygens (including phenoxy) is 1. The van der Waals surface area contributed by atoms with Crippen LogP contribution in [0, 0.1) is 13.8 Å². The summed E-state index contributed by atoms with van der Waals surface area (Å²) in [4.78, 5) is 14.8. The molecule has 3 rings (SSSR count). The number of aryl methyl sites for hydroxylation is 2. The van der Waals surface area contributed by atoms with Crippen LogP contribution < -0.4 is 4.74 Å². The quantitative estimate of drug-likeness (QED) is 0.523. The van der Waals surface area contributed by atoms with E-state index in [-0.39, 0.29) is 23.9 Å². The van der Waals surface area contributed by atoms with Crippen LogP contribution in [0.4, 0.5) is 0 Å². The van der Waals surface area contributed by atoms with E-state index in [0.717, 1.165) is 11.8 Å². The maximum Gasteiger partial charge on any atom is 0.243 e. The highest BCUT2D eigenvalue weighted by atomic mass is 32.2. The summed E-state index contributed by atoms with van der Waals surface area (Å²) in [5.41, 5.74) is 1.60. The molecule has 0 spiro atoms. The Kier molecular flexibility index (Phi) is 7.81. The number of sulfone groups is 1. The van der Waals surface area contributed by atoms with Crippen LogP contribution in [-0.2, 0) is 24.7 Å². The molecule has 0 unspecified atom stereocenters. The number of hydrogen-bond acceptors (Lipinski definition) is 6. The molecule has 0 saturated carbocycles. The Morgan fingerprint density at radius 2 is 1.58 bits per heavy atom. The van der Waals surface area contributed by atoms with Gasteiger partial charge in [-0.2, -0.15) is 4.31 Å². The third kappa shape index (κ3) is 6.33. The second kappa shape index (κ2) is 10.2. The Hall–Kier alpha value is -2.43. The predicted molar refractivity (Wildman–Crippen MR) is 126 cm³/mol. The summed E-state index contributed by atoms with van der Waals surface area (Å²) in [6, 6.07) is 11.5. The zero-order valence-electron chi connectivity index (χ0n) is 19.2. The first kappa shape index (κ1) is 25.2. The van der Waals surface area contributed by atoms with Crippen LogP contribution in [-0.4, -0.2) is 71.0 Å². The maximum atomic E-state index is 13.0. The van der Waals surface area contributed by atoms with E-state index in [1.807, 2.05) is 19.1 Å². The molecule has 0 bridgehead atoms. The molecule has 0 radical (unpaired) electrons. The standard InChI is InChI=1S/C23H30N2O6S2/c1-18-6-7-19(2)22(17-18)33(29,30)25-14-12-24(13-15-25)23(26)5-4-16-31-20-8-10-21(11-9-20)32(3,27)28/h6-11,17H,4-5,12-16H2,1-3H3. The lowest BCUT2D eigenvalue weighted by Gasteiger charge is -2.34. The highest BCUT2D eigenvalue weighted by molar-refractivity contribution is 7.90. The summed E-state index contributed by atoms with van der Waals surface area (Å²) in [5.74, 6) is 0.509. The molecular weight excluding hydrogens is 464 g/mol. The van der Waals surface area contributed by atoms with Crippen molar-refractivity contribution in [1.82, 2.24) is 9.21 Å². The molecule has 0 aromatic heterocycles. The van der Waals surface area contributed by atoms with Crippen molar-refractivity contribution >= 4 is 25.8 Å². The summed E-state index contributed by atoms with van der Waals surface area (Å²) in [7, 11) is -6.84. The van der Waals surface area contributed by atoms with E-state index in [1.54, 1.807) is 30.0 Å². The summed E-state index contributed by atoms with van der Waals surface area (Å²) in [6.07, 6.45) is 1.95. The van der Waals surface area contributed by atoms with Gasteiger partial charge in [0, 0.05) is 38.9 Å². The van der Waals surface area contributed by atoms with Gasteiger partial charge in [0.25, 0.3) is 0 Å². The predicted octanol–water partition coefficient (Wildman–Crippen LogP) is 2.40. The van der Waals surface area contributed by atoms with Gasteiger partial charge in [-0.3, -0.25) is 4.79 Å². The molecule has 0 N–H and O–H groups in total. The van der Waals surface area contributed by atoms with Gasteiger partial charge in [-0.1, -0.05) is 12.1 Å². The highest BCUT2D eigenvalue weighted by Gasteiger charge is 2.30. The van der Waals surface area contributed by atoms with E-state index < -0.39 is 19.9 Å². The van der Waals surface area contributed by atoms with Crippen LogP contribution in [0.15, 0.2) is 52.3 Å². The first-order valence-electron chi connectivity index (χ1n) is 10.8. The minimum atomic E-state index is -3.59. The van der Waals surface area contributed by atoms with Crippen LogP contribution >= 0.6 is 0 Å². The van der Waals surface area contributed by atoms with Gasteiger partial charge in [0.15, 0.2) is 9.84 Å². The van der Waals surface area contributed by atoms with Crippen LogP contribution in [0.5, 0.6) is 5.75 Å². The van der Waals surface area contributed by atoms with Crippen molar-refractivity contribution in [1.29, 1.82) is 0 Å². The Labute approximate surface area is 196 Å². The molecule has 1 aliphatic heterocycles. The van der Waals surface area contributed by atoms with Crippen molar-refractivity contribution in [3.05, 3.63) is 53.6 Å². The normalized spacial score (nSPS) is 15.4. The van der Waals surface area contributed by atoms with E-state index in [4.69, 9.17) is 4.74 Å². The fourth-order valence-corrected chi connectivity index (χ4v) is 6.02. The molecular formula is C23H30N2O6S2. The molecule has 0 atom stereocenters. The van der Waals surface area contributed by atoms with E-state index in [1.165, 1.54) is 16.4 Å². The molecule has 10 heteroatoms. The number of carbonyl (C=O) groups excluding carboxylic acids is 1. The second-order valence-electron chi connectivity index (χ2n) is 8.25. The van der Waals surface area contributed by atoms with Gasteiger partial charge in [0.2, 0.25) is 15.9 Å². The van der Waals surface area contributed by atoms with Gasteiger partial charge in [0.05, 0.1) is 16.4 Å². The molecule has 1 saturated heterocycles.